The van der Waals surface area contributed by atoms with Gasteiger partial charge in [-0.3, -0.25) is 9.69 Å². The third kappa shape index (κ3) is 1.26. The molecule has 1 spiro atoms. The molecule has 0 aromatic carbocycles. The molecule has 3 aliphatic heterocycles. The average molecular weight is 277 g/mol. The summed E-state index contributed by atoms with van der Waals surface area (Å²) in [5.74, 6) is -3.06. The van der Waals surface area contributed by atoms with Crippen LogP contribution in [0, 0.1) is 11.8 Å². The topological polar surface area (TPSA) is 82.6 Å². The van der Waals surface area contributed by atoms with E-state index in [4.69, 9.17) is 4.74 Å². The number of rotatable bonds is 2. The molecule has 0 radical (unpaired) electrons. The molecule has 0 aliphatic carbocycles. The van der Waals surface area contributed by atoms with Crippen molar-refractivity contribution in [1.29, 1.82) is 0 Å². The largest absolute Gasteiger partial charge is 0.550 e. The predicted octanol–water partition coefficient (Wildman–Crippen LogP) is -0.821. The number of aliphatic carboxylic acids is 1. The van der Waals surface area contributed by atoms with E-state index in [0.29, 0.717) is 11.7 Å². The van der Waals surface area contributed by atoms with Gasteiger partial charge in [0.15, 0.2) is 5.13 Å². The second kappa shape index (κ2) is 3.43. The zero-order valence-corrected chi connectivity index (χ0v) is 10.5. The summed E-state index contributed by atoms with van der Waals surface area (Å²) in [7, 11) is 0. The standard InChI is InChI=1S/C12H10N2O4S/c15-9-8-7(10(16)17)6-1-2-12(8,18-6)5-14(9)11-13-3-4-19-11/h1-4,6-8H,5H2,(H,16,17)/p-1/t6-,7-,8+,12-/m1/s1. The maximum absolute atomic E-state index is 12.5. The summed E-state index contributed by atoms with van der Waals surface area (Å²) in [6.45, 7) is 0.320. The molecule has 98 valence electrons. The van der Waals surface area contributed by atoms with Crippen molar-refractivity contribution in [3.8, 4) is 0 Å². The molecule has 4 rings (SSSR count). The molecule has 0 N–H and O–H groups in total. The number of nitrogens with zero attached hydrogens (tertiary/aromatic N) is 2. The summed E-state index contributed by atoms with van der Waals surface area (Å²) in [6, 6.07) is 0. The number of carbonyl (C=O) groups excluding carboxylic acids is 2. The molecular formula is C12H9N2O4S-. The summed E-state index contributed by atoms with van der Waals surface area (Å²) in [6.07, 6.45) is 4.60. The van der Waals surface area contributed by atoms with Crippen LogP contribution in [0.15, 0.2) is 23.7 Å². The van der Waals surface area contributed by atoms with Gasteiger partial charge in [-0.05, 0) is 0 Å². The van der Waals surface area contributed by atoms with Gasteiger partial charge in [0, 0.05) is 23.5 Å². The number of carboxylic acids is 1. The van der Waals surface area contributed by atoms with Crippen molar-refractivity contribution in [2.75, 3.05) is 11.4 Å². The molecular weight excluding hydrogens is 268 g/mol. The lowest BCUT2D eigenvalue weighted by Crippen LogP contribution is -2.45. The molecule has 1 aromatic rings. The summed E-state index contributed by atoms with van der Waals surface area (Å²) < 4.78 is 5.74. The Hall–Kier alpha value is -1.73. The van der Waals surface area contributed by atoms with Crippen molar-refractivity contribution in [3.63, 3.8) is 0 Å². The van der Waals surface area contributed by atoms with E-state index >= 15 is 0 Å². The molecule has 2 saturated heterocycles. The molecule has 2 fully saturated rings. The fraction of sp³-hybridized carbons (Fsp3) is 0.417. The van der Waals surface area contributed by atoms with Crippen LogP contribution in [-0.4, -0.2) is 35.1 Å². The second-order valence-electron chi connectivity index (χ2n) is 4.96. The van der Waals surface area contributed by atoms with Crippen LogP contribution in [0.25, 0.3) is 0 Å². The van der Waals surface area contributed by atoms with Crippen LogP contribution in [0.2, 0.25) is 0 Å². The first-order valence-electron chi connectivity index (χ1n) is 5.91. The molecule has 0 unspecified atom stereocenters. The molecule has 3 aliphatic rings. The second-order valence-corrected chi connectivity index (χ2v) is 5.83. The Labute approximate surface area is 112 Å². The Bertz CT molecular complexity index is 599. The van der Waals surface area contributed by atoms with Gasteiger partial charge in [0.05, 0.1) is 18.6 Å². The van der Waals surface area contributed by atoms with Crippen molar-refractivity contribution < 1.29 is 19.4 Å². The smallest absolute Gasteiger partial charge is 0.236 e. The number of carbonyl (C=O) groups is 2. The van der Waals surface area contributed by atoms with Gasteiger partial charge in [-0.2, -0.15) is 0 Å². The number of hydrogen-bond donors (Lipinski definition) is 0. The highest BCUT2D eigenvalue weighted by Crippen LogP contribution is 2.52. The average Bonchev–Trinajstić information content (AvgIpc) is 3.09. The first kappa shape index (κ1) is 11.1. The van der Waals surface area contributed by atoms with Crippen LogP contribution in [0.5, 0.6) is 0 Å². The normalized spacial score (nSPS) is 39.1. The highest BCUT2D eigenvalue weighted by molar-refractivity contribution is 7.13. The van der Waals surface area contributed by atoms with Gasteiger partial charge in [-0.1, -0.05) is 12.2 Å². The maximum atomic E-state index is 12.5. The zero-order valence-electron chi connectivity index (χ0n) is 9.68. The lowest BCUT2D eigenvalue weighted by molar-refractivity contribution is -0.313. The Balaban J connectivity index is 1.77. The maximum Gasteiger partial charge on any atom is 0.236 e. The third-order valence-corrected chi connectivity index (χ3v) is 4.82. The number of aromatic nitrogens is 1. The number of fused-ring (bicyclic) bond motifs is 1. The van der Waals surface area contributed by atoms with Gasteiger partial charge < -0.3 is 14.6 Å². The van der Waals surface area contributed by atoms with Crippen molar-refractivity contribution in [3.05, 3.63) is 23.7 Å². The molecule has 7 heteroatoms. The molecule has 2 bridgehead atoms. The molecule has 4 heterocycles. The van der Waals surface area contributed by atoms with Crippen LogP contribution >= 0.6 is 11.3 Å². The Morgan fingerprint density at radius 1 is 1.63 bits per heavy atom. The molecule has 0 saturated carbocycles. The van der Waals surface area contributed by atoms with Crippen molar-refractivity contribution >= 4 is 28.3 Å². The van der Waals surface area contributed by atoms with E-state index in [1.54, 1.807) is 17.7 Å². The number of hydrogen-bond acceptors (Lipinski definition) is 6. The minimum atomic E-state index is -1.23. The summed E-state index contributed by atoms with van der Waals surface area (Å²) in [5, 5.41) is 13.6. The number of thiazole rings is 1. The van der Waals surface area contributed by atoms with E-state index in [1.807, 2.05) is 6.08 Å². The van der Waals surface area contributed by atoms with Gasteiger partial charge in [0.1, 0.15) is 5.60 Å². The quantitative estimate of drug-likeness (QED) is 0.660. The zero-order chi connectivity index (χ0) is 13.2. The van der Waals surface area contributed by atoms with E-state index in [1.165, 1.54) is 16.2 Å². The lowest BCUT2D eigenvalue weighted by atomic mass is 9.77. The summed E-state index contributed by atoms with van der Waals surface area (Å²) >= 11 is 1.35. The van der Waals surface area contributed by atoms with E-state index in [9.17, 15) is 14.7 Å². The summed E-state index contributed by atoms with van der Waals surface area (Å²) in [5.41, 5.74) is -0.821. The van der Waals surface area contributed by atoms with Gasteiger partial charge >= 0.3 is 0 Å². The molecule has 19 heavy (non-hydrogen) atoms. The van der Waals surface area contributed by atoms with Crippen LogP contribution < -0.4 is 10.0 Å². The first-order valence-corrected chi connectivity index (χ1v) is 6.79. The number of ether oxygens (including phenoxy) is 1. The third-order valence-electron chi connectivity index (χ3n) is 4.02. The monoisotopic (exact) mass is 277 g/mol. The Kier molecular flexibility index (Phi) is 2.01. The minimum Gasteiger partial charge on any atom is -0.550 e. The predicted molar refractivity (Wildman–Crippen MR) is 63.2 cm³/mol. The molecule has 1 amide bonds. The van der Waals surface area contributed by atoms with E-state index in [-0.39, 0.29) is 5.91 Å². The van der Waals surface area contributed by atoms with Crippen LogP contribution in [-0.2, 0) is 14.3 Å². The highest BCUT2D eigenvalue weighted by Gasteiger charge is 2.65. The molecule has 1 aromatic heterocycles. The van der Waals surface area contributed by atoms with Gasteiger partial charge in [0.2, 0.25) is 5.91 Å². The van der Waals surface area contributed by atoms with Crippen LogP contribution in [0.1, 0.15) is 0 Å². The number of carboxylic acid groups (broad SMARTS) is 1. The van der Waals surface area contributed by atoms with Gasteiger partial charge in [-0.15, -0.1) is 11.3 Å². The van der Waals surface area contributed by atoms with E-state index < -0.39 is 29.5 Å². The Morgan fingerprint density at radius 3 is 3.16 bits per heavy atom. The van der Waals surface area contributed by atoms with Gasteiger partial charge in [-0.25, -0.2) is 4.98 Å². The van der Waals surface area contributed by atoms with Crippen molar-refractivity contribution in [1.82, 2.24) is 4.98 Å². The lowest BCUT2D eigenvalue weighted by Gasteiger charge is -2.24. The molecule has 6 nitrogen and oxygen atoms in total. The van der Waals surface area contributed by atoms with Crippen LogP contribution in [0.4, 0.5) is 5.13 Å². The highest BCUT2D eigenvalue weighted by atomic mass is 32.1. The van der Waals surface area contributed by atoms with Crippen molar-refractivity contribution in [2.45, 2.75) is 11.7 Å². The van der Waals surface area contributed by atoms with E-state index in [0.717, 1.165) is 0 Å². The molecule has 4 atom stereocenters. The minimum absolute atomic E-state index is 0.240. The summed E-state index contributed by atoms with van der Waals surface area (Å²) in [4.78, 5) is 29.4. The number of amides is 1. The van der Waals surface area contributed by atoms with Crippen molar-refractivity contribution in [2.24, 2.45) is 11.8 Å². The fourth-order valence-electron chi connectivity index (χ4n) is 3.28. The van der Waals surface area contributed by atoms with Crippen LogP contribution in [0.3, 0.4) is 0 Å². The first-order chi connectivity index (χ1) is 9.12. The van der Waals surface area contributed by atoms with Gasteiger partial charge in [0.25, 0.3) is 0 Å². The Morgan fingerprint density at radius 2 is 2.47 bits per heavy atom. The number of anilines is 1. The SMILES string of the molecule is O=C([O-])[C@H]1[C@H]2C(=O)N(c3nccs3)C[C@]23C=C[C@H]1O3. The fourth-order valence-corrected chi connectivity index (χ4v) is 3.93. The van der Waals surface area contributed by atoms with E-state index in [2.05, 4.69) is 4.98 Å².